The summed E-state index contributed by atoms with van der Waals surface area (Å²) in [5.74, 6) is 0.555. The summed E-state index contributed by atoms with van der Waals surface area (Å²) in [5.41, 5.74) is 3.36. The number of fused-ring (bicyclic) bond motifs is 1. The number of hydrogen-bond donors (Lipinski definition) is 1. The largest absolute Gasteiger partial charge is 0.478 e. The van der Waals surface area contributed by atoms with E-state index in [0.29, 0.717) is 18.1 Å². The Kier molecular flexibility index (Phi) is 4.71. The van der Waals surface area contributed by atoms with E-state index in [0.717, 1.165) is 16.7 Å². The van der Waals surface area contributed by atoms with E-state index in [9.17, 15) is 4.79 Å². The summed E-state index contributed by atoms with van der Waals surface area (Å²) in [4.78, 5) is 20.8. The van der Waals surface area contributed by atoms with Crippen LogP contribution in [-0.4, -0.2) is 41.9 Å². The van der Waals surface area contributed by atoms with Crippen molar-refractivity contribution in [2.24, 2.45) is 0 Å². The van der Waals surface area contributed by atoms with E-state index in [1.54, 1.807) is 27.8 Å². The molecule has 1 N–H and O–H groups in total. The van der Waals surface area contributed by atoms with Gasteiger partial charge < -0.3 is 4.74 Å². The number of ether oxygens (including phenoxy) is 1. The number of aryl methyl sites for hydroxylation is 1. The van der Waals surface area contributed by atoms with Gasteiger partial charge in [0.2, 0.25) is 17.7 Å². The first-order valence-electron chi connectivity index (χ1n) is 8.86. The van der Waals surface area contributed by atoms with Gasteiger partial charge in [0.1, 0.15) is 6.54 Å². The second kappa shape index (κ2) is 7.47. The van der Waals surface area contributed by atoms with Gasteiger partial charge in [-0.2, -0.15) is 10.1 Å². The fourth-order valence-corrected chi connectivity index (χ4v) is 2.82. The summed E-state index contributed by atoms with van der Waals surface area (Å²) in [7, 11) is 0. The maximum atomic E-state index is 12.2. The molecule has 0 radical (unpaired) electrons. The summed E-state index contributed by atoms with van der Waals surface area (Å²) in [6, 6.07) is 7.54. The Bertz CT molecular complexity index is 1130. The molecule has 9 heteroatoms. The molecule has 0 bridgehead atoms. The average molecular weight is 377 g/mol. The van der Waals surface area contributed by atoms with Gasteiger partial charge >= 0.3 is 0 Å². The highest BCUT2D eigenvalue weighted by atomic mass is 16.5. The van der Waals surface area contributed by atoms with Gasteiger partial charge in [-0.3, -0.25) is 14.8 Å². The molecule has 142 valence electrons. The third kappa shape index (κ3) is 3.68. The highest BCUT2D eigenvalue weighted by Gasteiger charge is 2.12. The molecule has 0 atom stereocenters. The molecule has 0 aliphatic heterocycles. The highest BCUT2D eigenvalue weighted by Crippen LogP contribution is 2.27. The van der Waals surface area contributed by atoms with E-state index in [1.807, 2.05) is 44.3 Å². The van der Waals surface area contributed by atoms with Gasteiger partial charge in [-0.25, -0.2) is 9.50 Å². The molecular formula is C19H19N7O2. The normalized spacial score (nSPS) is 10.9. The summed E-state index contributed by atoms with van der Waals surface area (Å²) in [5, 5.41) is 11.1. The van der Waals surface area contributed by atoms with E-state index in [2.05, 4.69) is 25.5 Å². The highest BCUT2D eigenvalue weighted by molar-refractivity contribution is 5.88. The molecular weight excluding hydrogens is 358 g/mol. The molecule has 28 heavy (non-hydrogen) atoms. The Morgan fingerprint density at radius 3 is 2.93 bits per heavy atom. The van der Waals surface area contributed by atoms with Gasteiger partial charge in [-0.1, -0.05) is 0 Å². The van der Waals surface area contributed by atoms with Crippen LogP contribution < -0.4 is 10.1 Å². The van der Waals surface area contributed by atoms with Crippen LogP contribution in [0.4, 0.5) is 5.95 Å². The van der Waals surface area contributed by atoms with E-state index in [-0.39, 0.29) is 18.4 Å². The number of aromatic nitrogens is 6. The molecule has 0 saturated carbocycles. The van der Waals surface area contributed by atoms with Gasteiger partial charge in [0.25, 0.3) is 0 Å². The standard InChI is InChI=1S/C19H19N7O2/c1-3-28-18-15(5-4-8-20-18)14-6-7-16-22-19(24-26(16)11-14)23-17(27)12-25-10-13(2)9-21-25/h4-11H,3,12H2,1-2H3,(H,23,24,27). The van der Waals surface area contributed by atoms with Crippen LogP contribution in [0.15, 0.2) is 49.1 Å². The van der Waals surface area contributed by atoms with Crippen LogP contribution in [-0.2, 0) is 11.3 Å². The second-order valence-electron chi connectivity index (χ2n) is 6.21. The summed E-state index contributed by atoms with van der Waals surface area (Å²) < 4.78 is 8.78. The quantitative estimate of drug-likeness (QED) is 0.554. The molecule has 4 heterocycles. The predicted molar refractivity (Wildman–Crippen MR) is 103 cm³/mol. The molecule has 0 aliphatic carbocycles. The number of nitrogens with one attached hydrogen (secondary N) is 1. The Hall–Kier alpha value is -3.75. The van der Waals surface area contributed by atoms with Crippen molar-refractivity contribution < 1.29 is 9.53 Å². The van der Waals surface area contributed by atoms with Crippen molar-refractivity contribution in [1.82, 2.24) is 29.4 Å². The molecule has 1 amide bonds. The van der Waals surface area contributed by atoms with Crippen LogP contribution in [0.5, 0.6) is 5.88 Å². The van der Waals surface area contributed by atoms with E-state index in [1.165, 1.54) is 0 Å². The number of hydrogen-bond acceptors (Lipinski definition) is 6. The fourth-order valence-electron chi connectivity index (χ4n) is 2.82. The van der Waals surface area contributed by atoms with Crippen LogP contribution in [0.3, 0.4) is 0 Å². The van der Waals surface area contributed by atoms with E-state index >= 15 is 0 Å². The molecule has 0 aliphatic rings. The molecule has 4 aromatic heterocycles. The van der Waals surface area contributed by atoms with Crippen LogP contribution in [0.2, 0.25) is 0 Å². The van der Waals surface area contributed by atoms with E-state index in [4.69, 9.17) is 4.74 Å². The van der Waals surface area contributed by atoms with Gasteiger partial charge in [0, 0.05) is 29.7 Å². The first kappa shape index (κ1) is 17.7. The number of anilines is 1. The van der Waals surface area contributed by atoms with E-state index < -0.39 is 0 Å². The number of nitrogens with zero attached hydrogens (tertiary/aromatic N) is 6. The summed E-state index contributed by atoms with van der Waals surface area (Å²) in [6.45, 7) is 4.46. The Balaban J connectivity index is 1.56. The Labute approximate surface area is 161 Å². The van der Waals surface area contributed by atoms with Gasteiger partial charge in [-0.05, 0) is 43.7 Å². The second-order valence-corrected chi connectivity index (χ2v) is 6.21. The number of pyridine rings is 2. The third-order valence-corrected chi connectivity index (χ3v) is 4.01. The first-order valence-corrected chi connectivity index (χ1v) is 8.86. The van der Waals surface area contributed by atoms with Gasteiger partial charge in [-0.15, -0.1) is 5.10 Å². The van der Waals surface area contributed by atoms with Crippen molar-refractivity contribution in [3.63, 3.8) is 0 Å². The van der Waals surface area contributed by atoms with Crippen LogP contribution in [0.25, 0.3) is 16.8 Å². The van der Waals surface area contributed by atoms with Crippen LogP contribution >= 0.6 is 0 Å². The monoisotopic (exact) mass is 377 g/mol. The molecule has 0 spiro atoms. The number of carbonyl (C=O) groups is 1. The minimum atomic E-state index is -0.245. The van der Waals surface area contributed by atoms with Crippen molar-refractivity contribution >= 4 is 17.5 Å². The lowest BCUT2D eigenvalue weighted by atomic mass is 10.1. The van der Waals surface area contributed by atoms with Crippen molar-refractivity contribution in [3.8, 4) is 17.0 Å². The van der Waals surface area contributed by atoms with Crippen molar-refractivity contribution in [2.45, 2.75) is 20.4 Å². The lowest BCUT2D eigenvalue weighted by Crippen LogP contribution is -2.19. The summed E-state index contributed by atoms with van der Waals surface area (Å²) in [6.07, 6.45) is 7.02. The number of rotatable bonds is 6. The maximum Gasteiger partial charge on any atom is 0.249 e. The molecule has 0 unspecified atom stereocenters. The average Bonchev–Trinajstić information content (AvgIpc) is 3.26. The zero-order chi connectivity index (χ0) is 19.5. The van der Waals surface area contributed by atoms with Crippen molar-refractivity contribution in [3.05, 3.63) is 54.6 Å². The lowest BCUT2D eigenvalue weighted by Gasteiger charge is -2.08. The van der Waals surface area contributed by atoms with Crippen molar-refractivity contribution in [2.75, 3.05) is 11.9 Å². The molecule has 4 aromatic rings. The van der Waals surface area contributed by atoms with Gasteiger partial charge in [0.05, 0.1) is 12.8 Å². The van der Waals surface area contributed by atoms with Crippen LogP contribution in [0.1, 0.15) is 12.5 Å². The summed E-state index contributed by atoms with van der Waals surface area (Å²) >= 11 is 0. The zero-order valence-electron chi connectivity index (χ0n) is 15.5. The molecule has 0 saturated heterocycles. The third-order valence-electron chi connectivity index (χ3n) is 4.01. The Morgan fingerprint density at radius 1 is 1.25 bits per heavy atom. The lowest BCUT2D eigenvalue weighted by molar-refractivity contribution is -0.116. The number of carbonyl (C=O) groups excluding carboxylic acids is 1. The Morgan fingerprint density at radius 2 is 2.14 bits per heavy atom. The SMILES string of the molecule is CCOc1ncccc1-c1ccc2nc(NC(=O)Cn3cc(C)cn3)nn2c1. The zero-order valence-corrected chi connectivity index (χ0v) is 15.5. The fraction of sp³-hybridized carbons (Fsp3) is 0.211. The number of amides is 1. The minimum absolute atomic E-state index is 0.0992. The molecule has 9 nitrogen and oxygen atoms in total. The first-order chi connectivity index (χ1) is 13.6. The smallest absolute Gasteiger partial charge is 0.249 e. The van der Waals surface area contributed by atoms with Crippen LogP contribution in [0, 0.1) is 6.92 Å². The van der Waals surface area contributed by atoms with Gasteiger partial charge in [0.15, 0.2) is 5.65 Å². The molecule has 0 aromatic carbocycles. The minimum Gasteiger partial charge on any atom is -0.478 e. The van der Waals surface area contributed by atoms with Crippen molar-refractivity contribution in [1.29, 1.82) is 0 Å². The topological polar surface area (TPSA) is 99.2 Å². The maximum absolute atomic E-state index is 12.2. The molecule has 4 rings (SSSR count). The predicted octanol–water partition coefficient (Wildman–Crippen LogP) is 2.33. The molecule has 0 fully saturated rings.